The van der Waals surface area contributed by atoms with Gasteiger partial charge in [-0.25, -0.2) is 9.67 Å². The highest BCUT2D eigenvalue weighted by Crippen LogP contribution is 2.26. The molecule has 0 saturated heterocycles. The molecule has 1 heterocycles. The van der Waals surface area contributed by atoms with Crippen molar-refractivity contribution in [2.45, 2.75) is 13.8 Å². The Kier molecular flexibility index (Phi) is 6.64. The Morgan fingerprint density at radius 2 is 1.56 bits per heavy atom. The summed E-state index contributed by atoms with van der Waals surface area (Å²) in [5.74, 6) is 1.70. The van der Waals surface area contributed by atoms with Gasteiger partial charge in [-0.3, -0.25) is 4.79 Å². The van der Waals surface area contributed by atoms with Crippen LogP contribution in [0.15, 0.2) is 102 Å². The van der Waals surface area contributed by atoms with E-state index in [4.69, 9.17) is 4.74 Å². The number of rotatable bonds is 6. The first kappa shape index (κ1) is 23.5. The molecule has 0 fully saturated rings. The Balaban J connectivity index is 1.42. The number of anilines is 1. The number of nitrogens with zero attached hydrogens (tertiary/aromatic N) is 3. The van der Waals surface area contributed by atoms with Gasteiger partial charge in [0.15, 0.2) is 5.82 Å². The van der Waals surface area contributed by atoms with Gasteiger partial charge in [0.25, 0.3) is 5.91 Å². The van der Waals surface area contributed by atoms with Crippen molar-refractivity contribution in [1.82, 2.24) is 14.8 Å². The molecule has 0 atom stereocenters. The predicted octanol–water partition coefficient (Wildman–Crippen LogP) is 7.36. The Labute approximate surface area is 217 Å². The van der Waals surface area contributed by atoms with Gasteiger partial charge in [0.2, 0.25) is 5.82 Å². The van der Waals surface area contributed by atoms with Gasteiger partial charge in [-0.05, 0) is 74.0 Å². The normalized spacial score (nSPS) is 10.8. The number of halogens is 1. The van der Waals surface area contributed by atoms with E-state index in [-0.39, 0.29) is 5.82 Å². The van der Waals surface area contributed by atoms with Crippen LogP contribution in [0.2, 0.25) is 0 Å². The fourth-order valence-electron chi connectivity index (χ4n) is 3.82. The molecular weight excluding hydrogens is 516 g/mol. The molecule has 0 saturated carbocycles. The van der Waals surface area contributed by atoms with Gasteiger partial charge in [0.05, 0.1) is 5.69 Å². The molecule has 0 aliphatic heterocycles. The van der Waals surface area contributed by atoms with Gasteiger partial charge in [0, 0.05) is 15.7 Å². The maximum absolute atomic E-state index is 13.1. The van der Waals surface area contributed by atoms with Crippen molar-refractivity contribution >= 4 is 27.5 Å². The number of benzene rings is 4. The minimum atomic E-state index is -0.395. The minimum Gasteiger partial charge on any atom is -0.457 e. The van der Waals surface area contributed by atoms with Gasteiger partial charge >= 0.3 is 0 Å². The molecule has 4 aromatic carbocycles. The lowest BCUT2D eigenvalue weighted by molar-refractivity contribution is 0.101. The number of hydrogen-bond donors (Lipinski definition) is 1. The summed E-state index contributed by atoms with van der Waals surface area (Å²) in [6.45, 7) is 4.07. The van der Waals surface area contributed by atoms with Crippen LogP contribution in [0.5, 0.6) is 11.5 Å². The van der Waals surface area contributed by atoms with Crippen molar-refractivity contribution in [2.75, 3.05) is 5.32 Å². The SMILES string of the molecule is Cc1ccc(-n2nc(C(=O)Nc3ccc(Oc4ccccc4)cc3)nc2-c2ccc(Br)cc2)c(C)c1. The average molecular weight is 539 g/mol. The quantitative estimate of drug-likeness (QED) is 0.245. The lowest BCUT2D eigenvalue weighted by Gasteiger charge is -2.10. The molecule has 1 N–H and O–H groups in total. The van der Waals surface area contributed by atoms with E-state index in [0.717, 1.165) is 32.6 Å². The van der Waals surface area contributed by atoms with Crippen molar-refractivity contribution in [3.05, 3.63) is 118 Å². The van der Waals surface area contributed by atoms with Crippen molar-refractivity contribution in [1.29, 1.82) is 0 Å². The second-order valence-corrected chi connectivity index (χ2v) is 9.28. The first-order chi connectivity index (χ1) is 17.5. The number of amides is 1. The van der Waals surface area contributed by atoms with Gasteiger partial charge in [-0.1, -0.05) is 64.0 Å². The van der Waals surface area contributed by atoms with Crippen LogP contribution in [-0.4, -0.2) is 20.7 Å². The third-order valence-corrected chi connectivity index (χ3v) is 6.11. The van der Waals surface area contributed by atoms with Gasteiger partial charge in [0.1, 0.15) is 11.5 Å². The molecule has 7 heteroatoms. The van der Waals surface area contributed by atoms with Crippen LogP contribution in [0.3, 0.4) is 0 Å². The number of nitrogens with one attached hydrogen (secondary N) is 1. The van der Waals surface area contributed by atoms with Crippen LogP contribution in [0.25, 0.3) is 17.1 Å². The lowest BCUT2D eigenvalue weighted by atomic mass is 10.1. The highest BCUT2D eigenvalue weighted by atomic mass is 79.9. The van der Waals surface area contributed by atoms with E-state index < -0.39 is 5.91 Å². The van der Waals surface area contributed by atoms with Crippen LogP contribution in [-0.2, 0) is 0 Å². The predicted molar refractivity (Wildman–Crippen MR) is 145 cm³/mol. The zero-order chi connectivity index (χ0) is 25.1. The number of carbonyl (C=O) groups excluding carboxylic acids is 1. The Morgan fingerprint density at radius 1 is 0.861 bits per heavy atom. The maximum Gasteiger partial charge on any atom is 0.295 e. The summed E-state index contributed by atoms with van der Waals surface area (Å²) in [6.07, 6.45) is 0. The molecule has 0 bridgehead atoms. The van der Waals surface area contributed by atoms with Crippen LogP contribution in [0.1, 0.15) is 21.7 Å². The second kappa shape index (κ2) is 10.2. The third-order valence-electron chi connectivity index (χ3n) is 5.58. The highest BCUT2D eigenvalue weighted by molar-refractivity contribution is 9.10. The molecule has 0 unspecified atom stereocenters. The zero-order valence-electron chi connectivity index (χ0n) is 19.8. The molecule has 0 aliphatic carbocycles. The summed E-state index contributed by atoms with van der Waals surface area (Å²) >= 11 is 3.47. The van der Waals surface area contributed by atoms with Crippen LogP contribution >= 0.6 is 15.9 Å². The molecule has 0 aliphatic rings. The summed E-state index contributed by atoms with van der Waals surface area (Å²) in [5, 5.41) is 7.48. The number of ether oxygens (including phenoxy) is 1. The molecule has 0 radical (unpaired) electrons. The lowest BCUT2D eigenvalue weighted by Crippen LogP contribution is -2.14. The average Bonchev–Trinajstić information content (AvgIpc) is 3.32. The Bertz CT molecular complexity index is 1510. The number of aryl methyl sites for hydroxylation is 2. The number of aromatic nitrogens is 3. The molecule has 36 heavy (non-hydrogen) atoms. The Hall–Kier alpha value is -4.23. The number of para-hydroxylation sites is 1. The summed E-state index contributed by atoms with van der Waals surface area (Å²) in [4.78, 5) is 17.7. The van der Waals surface area contributed by atoms with E-state index in [1.165, 1.54) is 0 Å². The topological polar surface area (TPSA) is 69.0 Å². The van der Waals surface area contributed by atoms with E-state index in [9.17, 15) is 4.79 Å². The molecule has 178 valence electrons. The molecular formula is C29H23BrN4O2. The first-order valence-corrected chi connectivity index (χ1v) is 12.2. The minimum absolute atomic E-state index is 0.0810. The fraction of sp³-hybridized carbons (Fsp3) is 0.0690. The van der Waals surface area contributed by atoms with Crippen LogP contribution in [0, 0.1) is 13.8 Å². The van der Waals surface area contributed by atoms with E-state index >= 15 is 0 Å². The molecule has 6 nitrogen and oxygen atoms in total. The number of carbonyl (C=O) groups is 1. The van der Waals surface area contributed by atoms with Crippen LogP contribution in [0.4, 0.5) is 5.69 Å². The van der Waals surface area contributed by atoms with E-state index in [1.54, 1.807) is 28.9 Å². The Morgan fingerprint density at radius 3 is 2.25 bits per heavy atom. The van der Waals surface area contributed by atoms with Crippen LogP contribution < -0.4 is 10.1 Å². The monoisotopic (exact) mass is 538 g/mol. The maximum atomic E-state index is 13.1. The molecule has 5 rings (SSSR count). The molecule has 1 aromatic heterocycles. The third kappa shape index (κ3) is 5.21. The molecule has 5 aromatic rings. The van der Waals surface area contributed by atoms with Crippen molar-refractivity contribution < 1.29 is 9.53 Å². The molecule has 0 spiro atoms. The summed E-state index contributed by atoms with van der Waals surface area (Å²) < 4.78 is 8.51. The highest BCUT2D eigenvalue weighted by Gasteiger charge is 2.20. The summed E-state index contributed by atoms with van der Waals surface area (Å²) in [7, 11) is 0. The number of hydrogen-bond acceptors (Lipinski definition) is 4. The van der Waals surface area contributed by atoms with Crippen molar-refractivity contribution in [3.8, 4) is 28.6 Å². The van der Waals surface area contributed by atoms with Gasteiger partial charge < -0.3 is 10.1 Å². The van der Waals surface area contributed by atoms with E-state index in [0.29, 0.717) is 17.3 Å². The van der Waals surface area contributed by atoms with Gasteiger partial charge in [-0.2, -0.15) is 0 Å². The van der Waals surface area contributed by atoms with Crippen molar-refractivity contribution in [2.24, 2.45) is 0 Å². The zero-order valence-corrected chi connectivity index (χ0v) is 21.4. The van der Waals surface area contributed by atoms with E-state index in [1.807, 2.05) is 80.6 Å². The van der Waals surface area contributed by atoms with Gasteiger partial charge in [-0.15, -0.1) is 5.10 Å². The first-order valence-electron chi connectivity index (χ1n) is 11.4. The van der Waals surface area contributed by atoms with E-state index in [2.05, 4.69) is 37.4 Å². The standard InChI is InChI=1S/C29H23BrN4O2/c1-19-8-17-26(20(2)18-19)34-28(21-9-11-22(30)12-10-21)32-27(33-34)29(35)31-23-13-15-25(16-14-23)36-24-6-4-3-5-7-24/h3-18H,1-2H3,(H,31,35). The summed E-state index contributed by atoms with van der Waals surface area (Å²) in [6, 6.07) is 30.6. The largest absolute Gasteiger partial charge is 0.457 e. The second-order valence-electron chi connectivity index (χ2n) is 8.36. The summed E-state index contributed by atoms with van der Waals surface area (Å²) in [5.41, 5.74) is 4.53. The smallest absolute Gasteiger partial charge is 0.295 e. The fourth-order valence-corrected chi connectivity index (χ4v) is 4.09. The molecule has 1 amide bonds. The van der Waals surface area contributed by atoms with Crippen molar-refractivity contribution in [3.63, 3.8) is 0 Å².